The van der Waals surface area contributed by atoms with Crippen LogP contribution in [0.3, 0.4) is 0 Å². The van der Waals surface area contributed by atoms with Crippen molar-refractivity contribution in [3.8, 4) is 0 Å². The Kier molecular flexibility index (Phi) is 5.95. The maximum absolute atomic E-state index is 13.1. The van der Waals surface area contributed by atoms with Crippen LogP contribution in [0.2, 0.25) is 0 Å². The Balaban J connectivity index is 1.47. The van der Waals surface area contributed by atoms with Crippen molar-refractivity contribution in [3.63, 3.8) is 0 Å². The van der Waals surface area contributed by atoms with E-state index in [0.717, 1.165) is 11.1 Å². The summed E-state index contributed by atoms with van der Waals surface area (Å²) in [4.78, 5) is 39.9. The number of benzene rings is 2. The normalized spacial score (nSPS) is 17.4. The highest BCUT2D eigenvalue weighted by atomic mass is 19.1. The van der Waals surface area contributed by atoms with Gasteiger partial charge in [-0.2, -0.15) is 5.10 Å². The second-order valence-electron chi connectivity index (χ2n) is 8.19. The van der Waals surface area contributed by atoms with Crippen LogP contribution in [-0.2, 0) is 24.4 Å². The van der Waals surface area contributed by atoms with Crippen LogP contribution in [0, 0.1) is 5.82 Å². The van der Waals surface area contributed by atoms with Crippen LogP contribution in [0.4, 0.5) is 4.39 Å². The fourth-order valence-corrected chi connectivity index (χ4v) is 3.68. The highest BCUT2D eigenvalue weighted by Gasteiger charge is 2.46. The maximum Gasteiger partial charge on any atom is 0.272 e. The topological polar surface area (TPSA) is 96.3 Å². The number of fused-ring (bicyclic) bond motifs is 1. The van der Waals surface area contributed by atoms with Crippen LogP contribution in [0.1, 0.15) is 39.0 Å². The number of halogens is 1. The van der Waals surface area contributed by atoms with Crippen molar-refractivity contribution in [3.05, 3.63) is 89.0 Å². The number of rotatable bonds is 6. The van der Waals surface area contributed by atoms with Gasteiger partial charge in [0.15, 0.2) is 5.69 Å². The number of hydrogen-bond donors (Lipinski definition) is 2. The Morgan fingerprint density at radius 3 is 2.36 bits per heavy atom. The molecule has 1 aliphatic rings. The van der Waals surface area contributed by atoms with Crippen molar-refractivity contribution in [1.29, 1.82) is 0 Å². The molecule has 1 atom stereocenters. The summed E-state index contributed by atoms with van der Waals surface area (Å²) >= 11 is 0. The third-order valence-corrected chi connectivity index (χ3v) is 5.89. The molecule has 9 heteroatoms. The summed E-state index contributed by atoms with van der Waals surface area (Å²) in [6.45, 7) is 2.26. The summed E-state index contributed by atoms with van der Waals surface area (Å²) in [5, 5.41) is 9.88. The molecule has 8 nitrogen and oxygen atoms in total. The monoisotopic (exact) mass is 449 g/mol. The van der Waals surface area contributed by atoms with E-state index in [2.05, 4.69) is 15.7 Å². The van der Waals surface area contributed by atoms with Gasteiger partial charge in [-0.05, 0) is 30.2 Å². The van der Waals surface area contributed by atoms with E-state index in [0.29, 0.717) is 6.54 Å². The van der Waals surface area contributed by atoms with Gasteiger partial charge in [0.2, 0.25) is 5.91 Å². The molecule has 0 saturated heterocycles. The van der Waals surface area contributed by atoms with Crippen LogP contribution >= 0.6 is 0 Å². The molecule has 33 heavy (non-hydrogen) atoms. The summed E-state index contributed by atoms with van der Waals surface area (Å²) in [6.07, 6.45) is 0. The van der Waals surface area contributed by atoms with Gasteiger partial charge in [0.25, 0.3) is 11.8 Å². The van der Waals surface area contributed by atoms with Gasteiger partial charge in [-0.15, -0.1) is 0 Å². The van der Waals surface area contributed by atoms with Crippen molar-refractivity contribution in [2.75, 3.05) is 7.05 Å². The summed E-state index contributed by atoms with van der Waals surface area (Å²) in [5.74, 6) is -1.54. The predicted molar refractivity (Wildman–Crippen MR) is 119 cm³/mol. The smallest absolute Gasteiger partial charge is 0.272 e. The molecule has 0 radical (unpaired) electrons. The molecule has 170 valence electrons. The lowest BCUT2D eigenvalue weighted by atomic mass is 9.96. The summed E-state index contributed by atoms with van der Waals surface area (Å²) in [7, 11) is 1.55. The third-order valence-electron chi connectivity index (χ3n) is 5.89. The number of hydrogen-bond acceptors (Lipinski definition) is 4. The number of carbonyl (C=O) groups excluding carboxylic acids is 3. The van der Waals surface area contributed by atoms with Gasteiger partial charge >= 0.3 is 0 Å². The first kappa shape index (κ1) is 22.2. The summed E-state index contributed by atoms with van der Waals surface area (Å²) < 4.78 is 14.5. The first-order chi connectivity index (χ1) is 15.8. The molecule has 4 rings (SSSR count). The van der Waals surface area contributed by atoms with Crippen LogP contribution in [0.25, 0.3) is 0 Å². The average molecular weight is 449 g/mol. The standard InChI is InChI=1S/C24H24FN5O3/c1-24(23(33)27-14-17-8-10-18(25)11-9-17)15-30-20(22(32)29(24)2)12-19(28-30)21(31)26-13-16-6-4-3-5-7-16/h3-12H,13-15H2,1-2H3,(H,26,31)(H,27,33)/t24-/m1/s1. The summed E-state index contributed by atoms with van der Waals surface area (Å²) in [6, 6.07) is 16.7. The van der Waals surface area contributed by atoms with Gasteiger partial charge in [0.1, 0.15) is 17.1 Å². The van der Waals surface area contributed by atoms with Crippen molar-refractivity contribution in [2.45, 2.75) is 32.1 Å². The summed E-state index contributed by atoms with van der Waals surface area (Å²) in [5.41, 5.74) is 0.810. The number of nitrogens with zero attached hydrogens (tertiary/aromatic N) is 3. The minimum absolute atomic E-state index is 0.0891. The zero-order chi connectivity index (χ0) is 23.6. The molecule has 0 spiro atoms. The SMILES string of the molecule is CN1C(=O)c2cc(C(=O)NCc3ccccc3)nn2C[C@]1(C)C(=O)NCc1ccc(F)cc1. The Labute approximate surface area is 190 Å². The Morgan fingerprint density at radius 1 is 1.03 bits per heavy atom. The molecule has 0 bridgehead atoms. The lowest BCUT2D eigenvalue weighted by molar-refractivity contribution is -0.132. The number of aromatic nitrogens is 2. The second-order valence-corrected chi connectivity index (χ2v) is 8.19. The van der Waals surface area contributed by atoms with Gasteiger partial charge in [0, 0.05) is 26.2 Å². The van der Waals surface area contributed by atoms with Gasteiger partial charge in [-0.25, -0.2) is 4.39 Å². The van der Waals surface area contributed by atoms with Crippen LogP contribution in [-0.4, -0.2) is 45.0 Å². The molecular formula is C24H24FN5O3. The Bertz CT molecular complexity index is 1190. The Morgan fingerprint density at radius 2 is 1.67 bits per heavy atom. The number of nitrogens with one attached hydrogen (secondary N) is 2. The lowest BCUT2D eigenvalue weighted by Gasteiger charge is -2.40. The molecule has 2 N–H and O–H groups in total. The quantitative estimate of drug-likeness (QED) is 0.603. The number of amides is 3. The molecule has 2 aromatic carbocycles. The molecule has 1 aliphatic heterocycles. The van der Waals surface area contributed by atoms with E-state index < -0.39 is 17.4 Å². The first-order valence-corrected chi connectivity index (χ1v) is 10.5. The minimum atomic E-state index is -1.21. The predicted octanol–water partition coefficient (Wildman–Crippen LogP) is 2.11. The fraction of sp³-hybridized carbons (Fsp3) is 0.250. The van der Waals surface area contributed by atoms with Gasteiger partial charge in [-0.1, -0.05) is 42.5 Å². The molecule has 3 aromatic rings. The van der Waals surface area contributed by atoms with Crippen molar-refractivity contribution < 1.29 is 18.8 Å². The van der Waals surface area contributed by atoms with Crippen molar-refractivity contribution in [2.24, 2.45) is 0 Å². The van der Waals surface area contributed by atoms with Gasteiger partial charge < -0.3 is 15.5 Å². The lowest BCUT2D eigenvalue weighted by Crippen LogP contribution is -2.62. The maximum atomic E-state index is 13.1. The van der Waals surface area contributed by atoms with E-state index in [-0.39, 0.29) is 36.2 Å². The Hall–Kier alpha value is -4.01. The van der Waals surface area contributed by atoms with Crippen molar-refractivity contribution >= 4 is 17.7 Å². The van der Waals surface area contributed by atoms with E-state index in [9.17, 15) is 18.8 Å². The van der Waals surface area contributed by atoms with Gasteiger partial charge in [-0.3, -0.25) is 19.1 Å². The van der Waals surface area contributed by atoms with E-state index in [1.165, 1.54) is 27.8 Å². The van der Waals surface area contributed by atoms with Gasteiger partial charge in [0.05, 0.1) is 6.54 Å². The zero-order valence-electron chi connectivity index (χ0n) is 18.3. The van der Waals surface area contributed by atoms with E-state index >= 15 is 0 Å². The van der Waals surface area contributed by atoms with Crippen LogP contribution < -0.4 is 10.6 Å². The van der Waals surface area contributed by atoms with E-state index in [4.69, 9.17) is 0 Å². The molecule has 2 heterocycles. The molecular weight excluding hydrogens is 425 g/mol. The molecule has 0 saturated carbocycles. The molecule has 1 aromatic heterocycles. The third kappa shape index (κ3) is 4.48. The molecule has 0 fully saturated rings. The first-order valence-electron chi connectivity index (χ1n) is 10.5. The fourth-order valence-electron chi connectivity index (χ4n) is 3.68. The minimum Gasteiger partial charge on any atom is -0.350 e. The zero-order valence-corrected chi connectivity index (χ0v) is 18.3. The highest BCUT2D eigenvalue weighted by molar-refractivity contribution is 6.01. The average Bonchev–Trinajstić information content (AvgIpc) is 3.25. The largest absolute Gasteiger partial charge is 0.350 e. The molecule has 0 aliphatic carbocycles. The molecule has 0 unspecified atom stereocenters. The van der Waals surface area contributed by atoms with E-state index in [1.807, 2.05) is 30.3 Å². The number of likely N-dealkylation sites (N-methyl/N-ethyl adjacent to an activating group) is 1. The van der Waals surface area contributed by atoms with E-state index in [1.54, 1.807) is 26.1 Å². The van der Waals surface area contributed by atoms with Crippen LogP contribution in [0.15, 0.2) is 60.7 Å². The second kappa shape index (κ2) is 8.85. The van der Waals surface area contributed by atoms with Crippen molar-refractivity contribution in [1.82, 2.24) is 25.3 Å². The highest BCUT2D eigenvalue weighted by Crippen LogP contribution is 2.26. The molecule has 3 amide bonds. The number of carbonyl (C=O) groups is 3. The van der Waals surface area contributed by atoms with Crippen LogP contribution in [0.5, 0.6) is 0 Å².